The number of hydrogen-bond donors (Lipinski definition) is 1. The Balaban J connectivity index is 1.63. The van der Waals surface area contributed by atoms with Gasteiger partial charge in [-0.2, -0.15) is 0 Å². The minimum atomic E-state index is -0.755. The average molecular weight is 385 g/mol. The molecule has 0 saturated heterocycles. The first kappa shape index (κ1) is 18.3. The normalized spacial score (nSPS) is 10.1. The molecular weight excluding hydrogens is 372 g/mol. The fourth-order valence-electron chi connectivity index (χ4n) is 2.02. The molecule has 0 aliphatic heterocycles. The van der Waals surface area contributed by atoms with Gasteiger partial charge in [-0.1, -0.05) is 11.6 Å². The van der Waals surface area contributed by atoms with Crippen LogP contribution in [-0.4, -0.2) is 33.4 Å². The highest BCUT2D eigenvalue weighted by atomic mass is 35.5. The molecule has 136 valence electrons. The van der Waals surface area contributed by atoms with E-state index in [0.29, 0.717) is 11.4 Å². The summed E-state index contributed by atoms with van der Waals surface area (Å²) in [7, 11) is 0. The second kappa shape index (κ2) is 8.72. The van der Waals surface area contributed by atoms with Gasteiger partial charge in [-0.25, -0.2) is 14.8 Å². The maximum atomic E-state index is 12.3. The lowest BCUT2D eigenvalue weighted by Crippen LogP contribution is -2.21. The fraction of sp³-hybridized carbons (Fsp3) is 0.0556. The van der Waals surface area contributed by atoms with Gasteiger partial charge in [0.05, 0.1) is 11.9 Å². The van der Waals surface area contributed by atoms with Crippen molar-refractivity contribution in [1.29, 1.82) is 0 Å². The molecule has 3 heterocycles. The zero-order valence-electron chi connectivity index (χ0n) is 13.8. The Kier molecular flexibility index (Phi) is 5.91. The van der Waals surface area contributed by atoms with Crippen LogP contribution in [0, 0.1) is 0 Å². The molecule has 0 radical (unpaired) electrons. The lowest BCUT2D eigenvalue weighted by atomic mass is 10.3. The lowest BCUT2D eigenvalue weighted by molar-refractivity contribution is -0.119. The third kappa shape index (κ3) is 4.99. The Hall–Kier alpha value is -3.52. The molecule has 0 atom stereocenters. The van der Waals surface area contributed by atoms with E-state index in [1.54, 1.807) is 36.5 Å². The predicted octanol–water partition coefficient (Wildman–Crippen LogP) is 3.11. The zero-order valence-corrected chi connectivity index (χ0v) is 14.6. The van der Waals surface area contributed by atoms with Gasteiger partial charge in [-0.15, -0.1) is 0 Å². The molecule has 8 nitrogen and oxygen atoms in total. The molecule has 0 spiro atoms. The van der Waals surface area contributed by atoms with Gasteiger partial charge in [0.1, 0.15) is 11.3 Å². The topological polar surface area (TPSA) is 103 Å². The molecule has 3 aromatic heterocycles. The summed E-state index contributed by atoms with van der Waals surface area (Å²) in [6, 6.07) is 9.59. The molecule has 0 fully saturated rings. The molecule has 1 amide bonds. The van der Waals surface area contributed by atoms with E-state index in [0.717, 1.165) is 0 Å². The summed E-state index contributed by atoms with van der Waals surface area (Å²) in [4.78, 5) is 36.0. The van der Waals surface area contributed by atoms with Gasteiger partial charge in [0.15, 0.2) is 11.8 Å². The average Bonchev–Trinajstić information content (AvgIpc) is 2.69. The van der Waals surface area contributed by atoms with E-state index in [2.05, 4.69) is 20.3 Å². The van der Waals surface area contributed by atoms with Crippen molar-refractivity contribution in [3.8, 4) is 11.6 Å². The number of nitrogens with one attached hydrogen (secondary N) is 1. The van der Waals surface area contributed by atoms with E-state index in [9.17, 15) is 9.59 Å². The highest BCUT2D eigenvalue weighted by Gasteiger charge is 2.17. The highest BCUT2D eigenvalue weighted by Crippen LogP contribution is 2.22. The lowest BCUT2D eigenvalue weighted by Gasteiger charge is -2.10. The number of ether oxygens (including phenoxy) is 2. The summed E-state index contributed by atoms with van der Waals surface area (Å²) >= 11 is 5.86. The fourth-order valence-corrected chi connectivity index (χ4v) is 2.19. The minimum Gasteiger partial charge on any atom is -0.452 e. The second-order valence-corrected chi connectivity index (χ2v) is 5.47. The molecule has 0 bridgehead atoms. The second-order valence-electron chi connectivity index (χ2n) is 5.11. The van der Waals surface area contributed by atoms with Gasteiger partial charge < -0.3 is 14.8 Å². The summed E-state index contributed by atoms with van der Waals surface area (Å²) in [6.07, 6.45) is 6.03. The van der Waals surface area contributed by atoms with E-state index in [1.807, 2.05) is 0 Å². The molecular formula is C18H13ClN4O4. The standard InChI is InChI=1S/C18H13ClN4O4/c19-16-14(6-3-8-21-16)23-15(24)11-26-18(25)13-5-2-9-22-17(13)27-12-4-1-7-20-10-12/h1-10H,11H2,(H,23,24). The first-order chi connectivity index (χ1) is 13.1. The summed E-state index contributed by atoms with van der Waals surface area (Å²) in [5.41, 5.74) is 0.399. The molecule has 27 heavy (non-hydrogen) atoms. The molecule has 0 saturated carbocycles. The Morgan fingerprint density at radius 2 is 1.81 bits per heavy atom. The molecule has 0 aliphatic rings. The number of halogens is 1. The van der Waals surface area contributed by atoms with Crippen LogP contribution in [0.5, 0.6) is 11.6 Å². The number of esters is 1. The number of hydrogen-bond acceptors (Lipinski definition) is 7. The van der Waals surface area contributed by atoms with E-state index >= 15 is 0 Å². The van der Waals surface area contributed by atoms with E-state index in [-0.39, 0.29) is 16.6 Å². The van der Waals surface area contributed by atoms with Crippen LogP contribution in [-0.2, 0) is 9.53 Å². The molecule has 3 rings (SSSR count). The van der Waals surface area contributed by atoms with Gasteiger partial charge in [0.25, 0.3) is 5.91 Å². The van der Waals surface area contributed by atoms with Crippen LogP contribution in [0.4, 0.5) is 5.69 Å². The number of anilines is 1. The Bertz CT molecular complexity index is 953. The van der Waals surface area contributed by atoms with Crippen LogP contribution in [0.1, 0.15) is 10.4 Å². The largest absolute Gasteiger partial charge is 0.452 e. The number of aromatic nitrogens is 3. The number of rotatable bonds is 6. The molecule has 3 aromatic rings. The van der Waals surface area contributed by atoms with Crippen molar-refractivity contribution in [1.82, 2.24) is 15.0 Å². The van der Waals surface area contributed by atoms with Crippen molar-refractivity contribution in [2.45, 2.75) is 0 Å². The molecule has 0 unspecified atom stereocenters. The number of carbonyl (C=O) groups is 2. The highest BCUT2D eigenvalue weighted by molar-refractivity contribution is 6.32. The maximum Gasteiger partial charge on any atom is 0.344 e. The molecule has 0 aliphatic carbocycles. The van der Waals surface area contributed by atoms with E-state index < -0.39 is 18.5 Å². The van der Waals surface area contributed by atoms with Crippen molar-refractivity contribution >= 4 is 29.2 Å². The van der Waals surface area contributed by atoms with Gasteiger partial charge in [-0.3, -0.25) is 9.78 Å². The summed E-state index contributed by atoms with van der Waals surface area (Å²) < 4.78 is 10.6. The Morgan fingerprint density at radius 3 is 2.59 bits per heavy atom. The maximum absolute atomic E-state index is 12.3. The third-order valence-electron chi connectivity index (χ3n) is 3.21. The predicted molar refractivity (Wildman–Crippen MR) is 96.7 cm³/mol. The van der Waals surface area contributed by atoms with Crippen molar-refractivity contribution < 1.29 is 19.1 Å². The van der Waals surface area contributed by atoms with Crippen LogP contribution in [0.3, 0.4) is 0 Å². The molecule has 1 N–H and O–H groups in total. The van der Waals surface area contributed by atoms with Gasteiger partial charge in [0.2, 0.25) is 5.88 Å². The van der Waals surface area contributed by atoms with Gasteiger partial charge in [-0.05, 0) is 36.4 Å². The Morgan fingerprint density at radius 1 is 1.04 bits per heavy atom. The third-order valence-corrected chi connectivity index (χ3v) is 3.51. The van der Waals surface area contributed by atoms with Crippen LogP contribution < -0.4 is 10.1 Å². The zero-order chi connectivity index (χ0) is 19.1. The SMILES string of the molecule is O=C(COC(=O)c1cccnc1Oc1cccnc1)Nc1cccnc1Cl. The summed E-state index contributed by atoms with van der Waals surface area (Å²) in [5.74, 6) is -0.855. The number of nitrogens with zero attached hydrogens (tertiary/aromatic N) is 3. The van der Waals surface area contributed by atoms with Crippen molar-refractivity contribution in [3.05, 3.63) is 71.9 Å². The van der Waals surface area contributed by atoms with E-state index in [4.69, 9.17) is 21.1 Å². The molecule has 9 heteroatoms. The first-order valence-electron chi connectivity index (χ1n) is 7.74. The van der Waals surface area contributed by atoms with Crippen molar-refractivity contribution in [2.24, 2.45) is 0 Å². The minimum absolute atomic E-state index is 0.0474. The van der Waals surface area contributed by atoms with Crippen molar-refractivity contribution in [3.63, 3.8) is 0 Å². The van der Waals surface area contributed by atoms with Crippen LogP contribution in [0.2, 0.25) is 5.15 Å². The number of carbonyl (C=O) groups excluding carboxylic acids is 2. The first-order valence-corrected chi connectivity index (χ1v) is 8.11. The van der Waals surface area contributed by atoms with Gasteiger partial charge in [0, 0.05) is 18.6 Å². The Labute approximate surface area is 159 Å². The molecule has 0 aromatic carbocycles. The number of amides is 1. The monoisotopic (exact) mass is 384 g/mol. The van der Waals surface area contributed by atoms with Crippen molar-refractivity contribution in [2.75, 3.05) is 11.9 Å². The number of pyridine rings is 3. The van der Waals surface area contributed by atoms with Crippen LogP contribution in [0.25, 0.3) is 0 Å². The van der Waals surface area contributed by atoms with E-state index in [1.165, 1.54) is 24.7 Å². The smallest absolute Gasteiger partial charge is 0.344 e. The summed E-state index contributed by atoms with van der Waals surface area (Å²) in [5, 5.41) is 2.64. The summed E-state index contributed by atoms with van der Waals surface area (Å²) in [6.45, 7) is -0.509. The van der Waals surface area contributed by atoms with Crippen LogP contribution in [0.15, 0.2) is 61.2 Å². The van der Waals surface area contributed by atoms with Gasteiger partial charge >= 0.3 is 5.97 Å². The quantitative estimate of drug-likeness (QED) is 0.514. The van der Waals surface area contributed by atoms with Crippen LogP contribution >= 0.6 is 11.6 Å².